The van der Waals surface area contributed by atoms with Crippen molar-refractivity contribution < 1.29 is 18.4 Å². The fourth-order valence-electron chi connectivity index (χ4n) is 1.92. The molecule has 0 aromatic heterocycles. The highest BCUT2D eigenvalue weighted by Gasteiger charge is 2.10. The van der Waals surface area contributed by atoms with Gasteiger partial charge in [0.15, 0.2) is 11.6 Å². The quantitative estimate of drug-likeness (QED) is 0.910. The summed E-state index contributed by atoms with van der Waals surface area (Å²) in [4.78, 5) is 23.7. The van der Waals surface area contributed by atoms with Crippen molar-refractivity contribution in [2.75, 3.05) is 11.9 Å². The number of carbonyl (C=O) groups is 2. The molecule has 2 aromatic rings. The summed E-state index contributed by atoms with van der Waals surface area (Å²) in [6.45, 7) is 3.55. The molecule has 0 spiro atoms. The lowest BCUT2D eigenvalue weighted by Crippen LogP contribution is -2.32. The summed E-state index contributed by atoms with van der Waals surface area (Å²) in [7, 11) is 0. The number of anilines is 1. The first-order valence-corrected chi connectivity index (χ1v) is 6.97. The molecule has 0 radical (unpaired) electrons. The number of carbonyl (C=O) groups excluding carboxylic acids is 2. The molecule has 0 aliphatic carbocycles. The van der Waals surface area contributed by atoms with Gasteiger partial charge in [-0.3, -0.25) is 9.59 Å². The van der Waals surface area contributed by atoms with Crippen LogP contribution in [0.3, 0.4) is 0 Å². The molecule has 0 fully saturated rings. The Labute approximate surface area is 132 Å². The van der Waals surface area contributed by atoms with E-state index in [1.807, 2.05) is 19.9 Å². The fourth-order valence-corrected chi connectivity index (χ4v) is 1.92. The number of nitrogens with one attached hydrogen (secondary N) is 2. The summed E-state index contributed by atoms with van der Waals surface area (Å²) in [6, 6.07) is 8.26. The van der Waals surface area contributed by atoms with Crippen molar-refractivity contribution in [2.45, 2.75) is 13.8 Å². The van der Waals surface area contributed by atoms with Crippen molar-refractivity contribution in [2.24, 2.45) is 0 Å². The molecule has 6 heteroatoms. The third kappa shape index (κ3) is 4.35. The van der Waals surface area contributed by atoms with Gasteiger partial charge in [-0.2, -0.15) is 0 Å². The van der Waals surface area contributed by atoms with Crippen LogP contribution in [0.2, 0.25) is 0 Å². The minimum Gasteiger partial charge on any atom is -0.343 e. The zero-order valence-corrected chi connectivity index (χ0v) is 12.7. The molecule has 0 saturated heterocycles. The van der Waals surface area contributed by atoms with Gasteiger partial charge < -0.3 is 10.6 Å². The largest absolute Gasteiger partial charge is 0.343 e. The predicted molar refractivity (Wildman–Crippen MR) is 83.2 cm³/mol. The van der Waals surface area contributed by atoms with Gasteiger partial charge in [-0.1, -0.05) is 6.07 Å². The minimum atomic E-state index is -1.05. The first-order chi connectivity index (χ1) is 10.9. The monoisotopic (exact) mass is 318 g/mol. The van der Waals surface area contributed by atoms with Crippen LogP contribution >= 0.6 is 0 Å². The van der Waals surface area contributed by atoms with Crippen LogP contribution in [0, 0.1) is 25.5 Å². The van der Waals surface area contributed by atoms with E-state index in [1.165, 1.54) is 6.07 Å². The van der Waals surface area contributed by atoms with Crippen LogP contribution in [0.1, 0.15) is 21.5 Å². The topological polar surface area (TPSA) is 58.2 Å². The Hall–Kier alpha value is -2.76. The average molecular weight is 318 g/mol. The van der Waals surface area contributed by atoms with E-state index in [0.717, 1.165) is 23.3 Å². The van der Waals surface area contributed by atoms with Gasteiger partial charge >= 0.3 is 0 Å². The second-order valence-electron chi connectivity index (χ2n) is 5.16. The third-order valence-corrected chi connectivity index (χ3v) is 3.38. The summed E-state index contributed by atoms with van der Waals surface area (Å²) >= 11 is 0. The van der Waals surface area contributed by atoms with E-state index >= 15 is 0 Å². The van der Waals surface area contributed by atoms with E-state index in [4.69, 9.17) is 0 Å². The summed E-state index contributed by atoms with van der Waals surface area (Å²) in [5.74, 6) is -2.96. The number of amides is 2. The molecule has 0 aliphatic rings. The molecule has 23 heavy (non-hydrogen) atoms. The predicted octanol–water partition coefficient (Wildman–Crippen LogP) is 2.95. The van der Waals surface area contributed by atoms with Gasteiger partial charge in [0.05, 0.1) is 6.54 Å². The van der Waals surface area contributed by atoms with Gasteiger partial charge in [0, 0.05) is 17.3 Å². The van der Waals surface area contributed by atoms with E-state index in [9.17, 15) is 18.4 Å². The maximum Gasteiger partial charge on any atom is 0.251 e. The summed E-state index contributed by atoms with van der Waals surface area (Å²) < 4.78 is 25.8. The SMILES string of the molecule is Cc1ccc(C(=O)NCC(=O)Nc2ccc(F)c(F)c2)cc1C. The Morgan fingerprint density at radius 2 is 1.70 bits per heavy atom. The molecule has 0 aliphatic heterocycles. The number of benzene rings is 2. The lowest BCUT2D eigenvalue weighted by atomic mass is 10.1. The van der Waals surface area contributed by atoms with E-state index in [-0.39, 0.29) is 18.1 Å². The van der Waals surface area contributed by atoms with Crippen molar-refractivity contribution in [3.05, 3.63) is 64.7 Å². The molecule has 2 rings (SSSR count). The van der Waals surface area contributed by atoms with E-state index in [2.05, 4.69) is 10.6 Å². The van der Waals surface area contributed by atoms with E-state index in [1.54, 1.807) is 12.1 Å². The zero-order valence-electron chi connectivity index (χ0n) is 12.7. The molecule has 120 valence electrons. The Bertz CT molecular complexity index is 760. The molecule has 2 N–H and O–H groups in total. The van der Waals surface area contributed by atoms with Gasteiger partial charge in [-0.05, 0) is 49.2 Å². The van der Waals surface area contributed by atoms with Crippen molar-refractivity contribution >= 4 is 17.5 Å². The molecule has 2 amide bonds. The van der Waals surface area contributed by atoms with Gasteiger partial charge in [0.1, 0.15) is 0 Å². The molecule has 0 saturated carbocycles. The first kappa shape index (κ1) is 16.6. The number of halogens is 2. The highest BCUT2D eigenvalue weighted by Crippen LogP contribution is 2.13. The Kier molecular flexibility index (Phi) is 5.05. The summed E-state index contributed by atoms with van der Waals surface area (Å²) in [5, 5.41) is 4.85. The smallest absolute Gasteiger partial charge is 0.251 e. The number of hydrogen-bond donors (Lipinski definition) is 2. The van der Waals surface area contributed by atoms with Gasteiger partial charge in [-0.15, -0.1) is 0 Å². The van der Waals surface area contributed by atoms with Gasteiger partial charge in [-0.25, -0.2) is 8.78 Å². The number of hydrogen-bond acceptors (Lipinski definition) is 2. The van der Waals surface area contributed by atoms with Gasteiger partial charge in [0.25, 0.3) is 5.91 Å². The van der Waals surface area contributed by atoms with Crippen molar-refractivity contribution in [1.29, 1.82) is 0 Å². The van der Waals surface area contributed by atoms with Crippen molar-refractivity contribution in [1.82, 2.24) is 5.32 Å². The zero-order chi connectivity index (χ0) is 17.0. The van der Waals surface area contributed by atoms with Crippen molar-refractivity contribution in [3.63, 3.8) is 0 Å². The fraction of sp³-hybridized carbons (Fsp3) is 0.176. The lowest BCUT2D eigenvalue weighted by Gasteiger charge is -2.08. The molecule has 4 nitrogen and oxygen atoms in total. The van der Waals surface area contributed by atoms with Crippen molar-refractivity contribution in [3.8, 4) is 0 Å². The Morgan fingerprint density at radius 1 is 0.957 bits per heavy atom. The average Bonchev–Trinajstić information content (AvgIpc) is 2.51. The van der Waals surface area contributed by atoms with E-state index in [0.29, 0.717) is 5.56 Å². The second-order valence-corrected chi connectivity index (χ2v) is 5.16. The second kappa shape index (κ2) is 7.00. The Morgan fingerprint density at radius 3 is 2.35 bits per heavy atom. The van der Waals surface area contributed by atoms with Crippen LogP contribution in [0.25, 0.3) is 0 Å². The van der Waals surface area contributed by atoms with Crippen LogP contribution in [-0.4, -0.2) is 18.4 Å². The highest BCUT2D eigenvalue weighted by atomic mass is 19.2. The molecule has 0 bridgehead atoms. The van der Waals surface area contributed by atoms with Gasteiger partial charge in [0.2, 0.25) is 5.91 Å². The maximum absolute atomic E-state index is 13.0. The van der Waals surface area contributed by atoms with Crippen LogP contribution in [-0.2, 0) is 4.79 Å². The lowest BCUT2D eigenvalue weighted by molar-refractivity contribution is -0.115. The Balaban J connectivity index is 1.91. The maximum atomic E-state index is 13.0. The minimum absolute atomic E-state index is 0.120. The highest BCUT2D eigenvalue weighted by molar-refractivity contribution is 5.99. The van der Waals surface area contributed by atoms with Crippen LogP contribution < -0.4 is 10.6 Å². The molecule has 0 unspecified atom stereocenters. The molecule has 0 heterocycles. The van der Waals surface area contributed by atoms with Crippen LogP contribution in [0.5, 0.6) is 0 Å². The number of rotatable bonds is 4. The van der Waals surface area contributed by atoms with Crippen LogP contribution in [0.15, 0.2) is 36.4 Å². The molecule has 2 aromatic carbocycles. The molecule has 0 atom stereocenters. The third-order valence-electron chi connectivity index (χ3n) is 3.38. The summed E-state index contributed by atoms with van der Waals surface area (Å²) in [5.41, 5.74) is 2.62. The molecular weight excluding hydrogens is 302 g/mol. The first-order valence-electron chi connectivity index (χ1n) is 6.97. The van der Waals surface area contributed by atoms with Crippen LogP contribution in [0.4, 0.5) is 14.5 Å². The standard InChI is InChI=1S/C17H16F2N2O2/c1-10-3-4-12(7-11(10)2)17(23)20-9-16(22)21-13-5-6-14(18)15(19)8-13/h3-8H,9H2,1-2H3,(H,20,23)(H,21,22). The summed E-state index contributed by atoms with van der Waals surface area (Å²) in [6.07, 6.45) is 0. The molecular formula is C17H16F2N2O2. The number of aryl methyl sites for hydroxylation is 2. The normalized spacial score (nSPS) is 10.3. The van der Waals surface area contributed by atoms with E-state index < -0.39 is 17.5 Å².